The summed E-state index contributed by atoms with van der Waals surface area (Å²) in [7, 11) is 1.98. The lowest BCUT2D eigenvalue weighted by Gasteiger charge is -2.22. The van der Waals surface area contributed by atoms with Gasteiger partial charge in [0.2, 0.25) is 0 Å². The highest BCUT2D eigenvalue weighted by atomic mass is 15.3. The first-order valence-corrected chi connectivity index (χ1v) is 7.11. The number of hydrogen-bond acceptors (Lipinski definition) is 3. The summed E-state index contributed by atoms with van der Waals surface area (Å²) in [6.07, 6.45) is 0.567. The van der Waals surface area contributed by atoms with Crippen LogP contribution in [0.1, 0.15) is 26.0 Å². The molecule has 0 radical (unpaired) electrons. The summed E-state index contributed by atoms with van der Waals surface area (Å²) < 4.78 is 1.93. The van der Waals surface area contributed by atoms with E-state index in [2.05, 4.69) is 48.1 Å². The highest BCUT2D eigenvalue weighted by Crippen LogP contribution is 2.19. The molecule has 0 unspecified atom stereocenters. The molecule has 0 saturated heterocycles. The summed E-state index contributed by atoms with van der Waals surface area (Å²) in [5.41, 5.74) is 2.26. The Hall–Kier alpha value is -1.86. The molecule has 1 aromatic heterocycles. The third-order valence-corrected chi connectivity index (χ3v) is 3.37. The Morgan fingerprint density at radius 2 is 2.10 bits per heavy atom. The van der Waals surface area contributed by atoms with Crippen LogP contribution in [0.2, 0.25) is 0 Å². The van der Waals surface area contributed by atoms with Gasteiger partial charge in [0.05, 0.1) is 17.3 Å². The molecule has 0 atom stereocenters. The van der Waals surface area contributed by atoms with Gasteiger partial charge in [-0.05, 0) is 12.0 Å². The Morgan fingerprint density at radius 3 is 2.80 bits per heavy atom. The zero-order valence-electron chi connectivity index (χ0n) is 12.5. The number of rotatable bonds is 6. The first kappa shape index (κ1) is 14.5. The number of hydrogen-bond donors (Lipinski definition) is 0. The maximum absolute atomic E-state index is 8.79. The summed E-state index contributed by atoms with van der Waals surface area (Å²) >= 11 is 0. The van der Waals surface area contributed by atoms with E-state index >= 15 is 0 Å². The molecule has 106 valence electrons. The van der Waals surface area contributed by atoms with Crippen molar-refractivity contribution in [2.45, 2.75) is 26.8 Å². The lowest BCUT2D eigenvalue weighted by molar-refractivity contribution is 0.239. The molecular formula is C16H22N4. The largest absolute Gasteiger partial charge is 0.296 e. The van der Waals surface area contributed by atoms with Crippen molar-refractivity contribution in [3.8, 4) is 6.07 Å². The fourth-order valence-corrected chi connectivity index (χ4v) is 2.58. The number of nitrogens with zero attached hydrogens (tertiary/aromatic N) is 4. The molecule has 0 aliphatic heterocycles. The van der Waals surface area contributed by atoms with Crippen LogP contribution in [-0.2, 0) is 13.6 Å². The number of benzene rings is 1. The van der Waals surface area contributed by atoms with Gasteiger partial charge in [-0.25, -0.2) is 0 Å². The van der Waals surface area contributed by atoms with Crippen molar-refractivity contribution in [2.75, 3.05) is 13.1 Å². The minimum Gasteiger partial charge on any atom is -0.296 e. The van der Waals surface area contributed by atoms with Crippen LogP contribution in [-0.4, -0.2) is 27.8 Å². The molecule has 0 spiro atoms. The second kappa shape index (κ2) is 6.53. The molecule has 0 aliphatic carbocycles. The quantitative estimate of drug-likeness (QED) is 0.810. The molecule has 0 fully saturated rings. The van der Waals surface area contributed by atoms with Crippen molar-refractivity contribution in [3.63, 3.8) is 0 Å². The third kappa shape index (κ3) is 3.37. The van der Waals surface area contributed by atoms with Crippen LogP contribution in [0.3, 0.4) is 0 Å². The molecule has 0 bridgehead atoms. The molecule has 1 aromatic carbocycles. The van der Waals surface area contributed by atoms with Gasteiger partial charge in [0.15, 0.2) is 0 Å². The van der Waals surface area contributed by atoms with E-state index in [-0.39, 0.29) is 0 Å². The molecular weight excluding hydrogens is 248 g/mol. The van der Waals surface area contributed by atoms with E-state index in [1.807, 2.05) is 17.8 Å². The molecule has 0 aliphatic rings. The van der Waals surface area contributed by atoms with Gasteiger partial charge in [-0.1, -0.05) is 32.0 Å². The van der Waals surface area contributed by atoms with Gasteiger partial charge in [0.1, 0.15) is 0 Å². The van der Waals surface area contributed by atoms with Crippen molar-refractivity contribution in [1.29, 1.82) is 5.26 Å². The Kier molecular flexibility index (Phi) is 4.75. The second-order valence-corrected chi connectivity index (χ2v) is 5.62. The Balaban J connectivity index is 2.21. The minimum absolute atomic E-state index is 0.567. The van der Waals surface area contributed by atoms with Crippen molar-refractivity contribution >= 4 is 10.9 Å². The summed E-state index contributed by atoms with van der Waals surface area (Å²) in [4.78, 5) is 2.32. The van der Waals surface area contributed by atoms with Crippen molar-refractivity contribution in [2.24, 2.45) is 13.0 Å². The predicted molar refractivity (Wildman–Crippen MR) is 81.1 cm³/mol. The van der Waals surface area contributed by atoms with E-state index in [1.165, 1.54) is 5.39 Å². The Morgan fingerprint density at radius 1 is 1.35 bits per heavy atom. The minimum atomic E-state index is 0.567. The fourth-order valence-electron chi connectivity index (χ4n) is 2.58. The monoisotopic (exact) mass is 270 g/mol. The van der Waals surface area contributed by atoms with Crippen LogP contribution >= 0.6 is 0 Å². The lowest BCUT2D eigenvalue weighted by atomic mass is 10.1. The van der Waals surface area contributed by atoms with Gasteiger partial charge in [-0.2, -0.15) is 10.4 Å². The molecule has 0 saturated carbocycles. The topological polar surface area (TPSA) is 44.9 Å². The van der Waals surface area contributed by atoms with Crippen molar-refractivity contribution in [3.05, 3.63) is 30.0 Å². The standard InChI is InChI=1S/C16H22N4/c1-13(2)11-20(10-6-9-17)12-15-14-7-4-5-8-16(14)19(3)18-15/h4-5,7-8,13H,6,10-12H2,1-3H3. The summed E-state index contributed by atoms with van der Waals surface area (Å²) in [5, 5.41) is 14.6. The van der Waals surface area contributed by atoms with E-state index < -0.39 is 0 Å². The first-order valence-electron chi connectivity index (χ1n) is 7.11. The number of nitriles is 1. The molecule has 2 rings (SSSR count). The SMILES string of the molecule is CC(C)CN(CCC#N)Cc1nn(C)c2ccccc12. The van der Waals surface area contributed by atoms with Crippen LogP contribution in [0.5, 0.6) is 0 Å². The van der Waals surface area contributed by atoms with Gasteiger partial charge < -0.3 is 0 Å². The zero-order valence-corrected chi connectivity index (χ0v) is 12.5. The summed E-state index contributed by atoms with van der Waals surface area (Å²) in [6, 6.07) is 10.5. The normalized spacial score (nSPS) is 11.4. The zero-order chi connectivity index (χ0) is 14.5. The Bertz CT molecular complexity index is 606. The van der Waals surface area contributed by atoms with E-state index in [9.17, 15) is 0 Å². The van der Waals surface area contributed by atoms with E-state index in [0.717, 1.165) is 30.8 Å². The first-order chi connectivity index (χ1) is 9.61. The smallest absolute Gasteiger partial charge is 0.0843 e. The molecule has 20 heavy (non-hydrogen) atoms. The van der Waals surface area contributed by atoms with Gasteiger partial charge in [0, 0.05) is 38.5 Å². The number of fused-ring (bicyclic) bond motifs is 1. The number of aromatic nitrogens is 2. The molecule has 2 aromatic rings. The maximum Gasteiger partial charge on any atom is 0.0843 e. The van der Waals surface area contributed by atoms with Crippen LogP contribution in [0, 0.1) is 17.2 Å². The molecule has 4 nitrogen and oxygen atoms in total. The van der Waals surface area contributed by atoms with Crippen LogP contribution in [0.25, 0.3) is 10.9 Å². The molecule has 0 N–H and O–H groups in total. The van der Waals surface area contributed by atoms with Gasteiger partial charge in [-0.3, -0.25) is 9.58 Å². The van der Waals surface area contributed by atoms with Crippen molar-refractivity contribution in [1.82, 2.24) is 14.7 Å². The van der Waals surface area contributed by atoms with Crippen molar-refractivity contribution < 1.29 is 0 Å². The summed E-state index contributed by atoms with van der Waals surface area (Å²) in [5.74, 6) is 0.587. The molecule has 1 heterocycles. The second-order valence-electron chi connectivity index (χ2n) is 5.62. The average molecular weight is 270 g/mol. The number of aryl methyl sites for hydroxylation is 1. The highest BCUT2D eigenvalue weighted by Gasteiger charge is 2.13. The van der Waals surface area contributed by atoms with Crippen LogP contribution in [0.4, 0.5) is 0 Å². The van der Waals surface area contributed by atoms with Gasteiger partial charge in [-0.15, -0.1) is 0 Å². The number of para-hydroxylation sites is 1. The van der Waals surface area contributed by atoms with E-state index in [4.69, 9.17) is 5.26 Å². The highest BCUT2D eigenvalue weighted by molar-refractivity contribution is 5.81. The molecule has 0 amide bonds. The predicted octanol–water partition coefficient (Wildman–Crippen LogP) is 2.94. The van der Waals surface area contributed by atoms with Gasteiger partial charge >= 0.3 is 0 Å². The third-order valence-electron chi connectivity index (χ3n) is 3.37. The summed E-state index contributed by atoms with van der Waals surface area (Å²) in [6.45, 7) is 7.01. The fraction of sp³-hybridized carbons (Fsp3) is 0.500. The van der Waals surface area contributed by atoms with Crippen LogP contribution in [0.15, 0.2) is 24.3 Å². The molecule has 4 heteroatoms. The maximum atomic E-state index is 8.79. The lowest BCUT2D eigenvalue weighted by Crippen LogP contribution is -2.28. The van der Waals surface area contributed by atoms with E-state index in [0.29, 0.717) is 12.3 Å². The van der Waals surface area contributed by atoms with Crippen LogP contribution < -0.4 is 0 Å². The average Bonchev–Trinajstić information content (AvgIpc) is 2.73. The Labute approximate surface area is 120 Å². The van der Waals surface area contributed by atoms with E-state index in [1.54, 1.807) is 0 Å². The van der Waals surface area contributed by atoms with Gasteiger partial charge in [0.25, 0.3) is 0 Å².